The van der Waals surface area contributed by atoms with E-state index in [0.717, 1.165) is 18.4 Å². The lowest BCUT2D eigenvalue weighted by Crippen LogP contribution is -2.40. The van der Waals surface area contributed by atoms with E-state index in [2.05, 4.69) is 10.3 Å². The van der Waals surface area contributed by atoms with Crippen LogP contribution in [0.25, 0.3) is 0 Å². The maximum absolute atomic E-state index is 13.7. The first kappa shape index (κ1) is 23.9. The maximum Gasteiger partial charge on any atom is 0.247 e. The van der Waals surface area contributed by atoms with Gasteiger partial charge in [0.2, 0.25) is 10.0 Å². The summed E-state index contributed by atoms with van der Waals surface area (Å²) in [5, 5.41) is 3.29. The molecule has 0 unspecified atom stereocenters. The molecule has 1 fully saturated rings. The molecule has 0 amide bonds. The highest BCUT2D eigenvalue weighted by Crippen LogP contribution is 2.33. The first-order valence-electron chi connectivity index (χ1n) is 11.0. The quantitative estimate of drug-likeness (QED) is 0.653. The van der Waals surface area contributed by atoms with E-state index in [1.54, 1.807) is 25.4 Å². The zero-order valence-corrected chi connectivity index (χ0v) is 19.8. The van der Waals surface area contributed by atoms with Gasteiger partial charge in [-0.1, -0.05) is 6.07 Å². The summed E-state index contributed by atoms with van der Waals surface area (Å²) in [6.07, 6.45) is 3.29. The Hall–Kier alpha value is -2.27. The lowest BCUT2D eigenvalue weighted by molar-refractivity contribution is -0.0204. The lowest BCUT2D eigenvalue weighted by Gasteiger charge is -2.37. The number of rotatable bonds is 7. The van der Waals surface area contributed by atoms with Crippen molar-refractivity contribution in [1.29, 1.82) is 0 Å². The Morgan fingerprint density at radius 2 is 2.03 bits per heavy atom. The van der Waals surface area contributed by atoms with Crippen molar-refractivity contribution in [2.75, 3.05) is 51.9 Å². The van der Waals surface area contributed by atoms with E-state index in [1.807, 2.05) is 6.92 Å². The van der Waals surface area contributed by atoms with Gasteiger partial charge < -0.3 is 19.5 Å². The summed E-state index contributed by atoms with van der Waals surface area (Å²) in [6.45, 7) is 4.55. The molecule has 4 rings (SSSR count). The van der Waals surface area contributed by atoms with Gasteiger partial charge >= 0.3 is 0 Å². The summed E-state index contributed by atoms with van der Waals surface area (Å²) < 4.78 is 59.0. The Morgan fingerprint density at radius 3 is 2.79 bits per heavy atom. The van der Waals surface area contributed by atoms with Gasteiger partial charge in [-0.05, 0) is 37.5 Å². The number of anilines is 1. The number of pyridine rings is 1. The number of hydrogen-bond donors (Lipinski definition) is 1. The van der Waals surface area contributed by atoms with Crippen LogP contribution in [-0.4, -0.2) is 64.3 Å². The smallest absolute Gasteiger partial charge is 0.247 e. The predicted octanol–water partition coefficient (Wildman–Crippen LogP) is 2.97. The molecule has 0 saturated carbocycles. The molecule has 180 valence electrons. The van der Waals surface area contributed by atoms with Crippen molar-refractivity contribution in [2.45, 2.75) is 31.2 Å². The molecular weight excluding hydrogens is 449 g/mol. The van der Waals surface area contributed by atoms with Gasteiger partial charge in [-0.2, -0.15) is 4.31 Å². The third kappa shape index (κ3) is 5.29. The number of aryl methyl sites for hydroxylation is 1. The lowest BCUT2D eigenvalue weighted by atomic mass is 9.81. The first-order chi connectivity index (χ1) is 15.8. The van der Waals surface area contributed by atoms with Gasteiger partial charge in [-0.3, -0.25) is 0 Å². The molecule has 2 aliphatic rings. The molecule has 3 heterocycles. The average Bonchev–Trinajstić information content (AvgIpc) is 3.01. The number of benzene rings is 1. The van der Waals surface area contributed by atoms with E-state index < -0.39 is 15.8 Å². The minimum absolute atomic E-state index is 0.0935. The summed E-state index contributed by atoms with van der Waals surface area (Å²) >= 11 is 0. The molecule has 8 nitrogen and oxygen atoms in total. The number of fused-ring (bicyclic) bond motifs is 1. The molecule has 0 aliphatic carbocycles. The van der Waals surface area contributed by atoms with Gasteiger partial charge in [-0.15, -0.1) is 0 Å². The van der Waals surface area contributed by atoms with Crippen LogP contribution in [0.3, 0.4) is 0 Å². The monoisotopic (exact) mass is 479 g/mol. The first-order valence-corrected chi connectivity index (χ1v) is 12.5. The van der Waals surface area contributed by atoms with Gasteiger partial charge in [0.15, 0.2) is 0 Å². The van der Waals surface area contributed by atoms with Crippen LogP contribution in [0.4, 0.5) is 10.2 Å². The van der Waals surface area contributed by atoms with Crippen LogP contribution in [0.15, 0.2) is 35.4 Å². The second kappa shape index (κ2) is 9.92. The third-order valence-corrected chi connectivity index (χ3v) is 8.07. The normalized spacial score (nSPS) is 18.8. The van der Waals surface area contributed by atoms with Crippen molar-refractivity contribution in [3.63, 3.8) is 0 Å². The van der Waals surface area contributed by atoms with Crippen molar-refractivity contribution in [3.8, 4) is 5.75 Å². The molecule has 1 aromatic carbocycles. The van der Waals surface area contributed by atoms with Crippen molar-refractivity contribution in [3.05, 3.63) is 47.4 Å². The van der Waals surface area contributed by atoms with Crippen LogP contribution in [-0.2, 0) is 26.0 Å². The van der Waals surface area contributed by atoms with E-state index in [1.165, 1.54) is 16.4 Å². The largest absolute Gasteiger partial charge is 0.492 e. The van der Waals surface area contributed by atoms with Crippen LogP contribution < -0.4 is 10.1 Å². The molecular formula is C23H30FN3O5S. The van der Waals surface area contributed by atoms with Crippen LogP contribution in [0.5, 0.6) is 5.75 Å². The van der Waals surface area contributed by atoms with Crippen molar-refractivity contribution >= 4 is 15.8 Å². The van der Waals surface area contributed by atoms with E-state index in [9.17, 15) is 12.8 Å². The number of nitrogens with one attached hydrogen (secondary N) is 1. The molecule has 10 heteroatoms. The number of halogens is 1. The Morgan fingerprint density at radius 1 is 1.24 bits per heavy atom. The van der Waals surface area contributed by atoms with E-state index >= 15 is 0 Å². The highest BCUT2D eigenvalue weighted by molar-refractivity contribution is 7.89. The molecule has 0 bridgehead atoms. The number of methoxy groups -OCH3 is 1. The maximum atomic E-state index is 13.7. The van der Waals surface area contributed by atoms with Gasteiger partial charge in [0, 0.05) is 63.2 Å². The summed E-state index contributed by atoms with van der Waals surface area (Å²) in [5.74, 6) is 0.263. The second-order valence-electron chi connectivity index (χ2n) is 8.70. The Balaban J connectivity index is 1.61. The number of hydrogen-bond acceptors (Lipinski definition) is 7. The SMILES string of the molecule is COCC1(CNc2ncc(C)cc2S(=O)(=O)N2CCOc3cc(F)ccc3C2)CCOCC1. The highest BCUT2D eigenvalue weighted by atomic mass is 32.2. The van der Waals surface area contributed by atoms with Crippen molar-refractivity contribution in [1.82, 2.24) is 9.29 Å². The summed E-state index contributed by atoms with van der Waals surface area (Å²) in [5.41, 5.74) is 1.21. The number of sulfonamides is 1. The summed E-state index contributed by atoms with van der Waals surface area (Å²) in [6, 6.07) is 5.79. The van der Waals surface area contributed by atoms with E-state index in [-0.39, 0.29) is 30.0 Å². The molecule has 0 atom stereocenters. The Labute approximate surface area is 194 Å². The van der Waals surface area contributed by atoms with Crippen LogP contribution in [0, 0.1) is 18.2 Å². The van der Waals surface area contributed by atoms with Crippen LogP contribution in [0.1, 0.15) is 24.0 Å². The third-order valence-electron chi connectivity index (χ3n) is 6.22. The fraction of sp³-hybridized carbons (Fsp3) is 0.522. The van der Waals surface area contributed by atoms with Crippen LogP contribution in [0.2, 0.25) is 0 Å². The topological polar surface area (TPSA) is 90.0 Å². The fourth-order valence-corrected chi connectivity index (χ4v) is 5.90. The Kier molecular flexibility index (Phi) is 7.18. The van der Waals surface area contributed by atoms with Gasteiger partial charge in [0.05, 0.1) is 6.61 Å². The molecule has 33 heavy (non-hydrogen) atoms. The van der Waals surface area contributed by atoms with E-state index in [4.69, 9.17) is 14.2 Å². The molecule has 2 aliphatic heterocycles. The summed E-state index contributed by atoms with van der Waals surface area (Å²) in [7, 11) is -2.23. The highest BCUT2D eigenvalue weighted by Gasteiger charge is 2.35. The minimum atomic E-state index is -3.90. The van der Waals surface area contributed by atoms with Crippen molar-refractivity contribution < 1.29 is 27.0 Å². The average molecular weight is 480 g/mol. The number of ether oxygens (including phenoxy) is 3. The molecule has 1 aromatic heterocycles. The van der Waals surface area contributed by atoms with E-state index in [0.29, 0.717) is 43.5 Å². The molecule has 2 aromatic rings. The number of aromatic nitrogens is 1. The fourth-order valence-electron chi connectivity index (χ4n) is 4.29. The molecule has 1 saturated heterocycles. The van der Waals surface area contributed by atoms with Crippen molar-refractivity contribution in [2.24, 2.45) is 5.41 Å². The second-order valence-corrected chi connectivity index (χ2v) is 10.6. The number of nitrogens with zero attached hydrogens (tertiary/aromatic N) is 2. The van der Waals surface area contributed by atoms with Crippen LogP contribution >= 0.6 is 0 Å². The van der Waals surface area contributed by atoms with Gasteiger partial charge in [-0.25, -0.2) is 17.8 Å². The standard InChI is InChI=1S/C23H30FN3O5S/c1-17-11-21(22(25-13-17)26-15-23(16-30-2)5-8-31-9-6-23)33(28,29)27-7-10-32-20-12-19(24)4-3-18(20)14-27/h3-4,11-13H,5-10,14-16H2,1-2H3,(H,25,26). The zero-order chi connectivity index (χ0) is 23.5. The summed E-state index contributed by atoms with van der Waals surface area (Å²) in [4.78, 5) is 4.54. The molecule has 0 spiro atoms. The Bertz CT molecular complexity index is 1080. The molecule has 0 radical (unpaired) electrons. The predicted molar refractivity (Wildman–Crippen MR) is 121 cm³/mol. The zero-order valence-electron chi connectivity index (χ0n) is 19.0. The molecule has 1 N–H and O–H groups in total. The minimum Gasteiger partial charge on any atom is -0.492 e. The van der Waals surface area contributed by atoms with Gasteiger partial charge in [0.25, 0.3) is 0 Å². The van der Waals surface area contributed by atoms with Gasteiger partial charge in [0.1, 0.15) is 28.9 Å².